The standard InChI is InChI=1S/C12H19N7S/c1-7-6-20-9(14-7)8(2)15-11-16-10(13-3)17-12(18-11)19(4)5/h6,8H,1-5H3,(H2,13,15,16,17,18). The maximum absolute atomic E-state index is 4.47. The molecule has 2 aromatic heterocycles. The molecule has 7 nitrogen and oxygen atoms in total. The second kappa shape index (κ2) is 6.00. The fourth-order valence-corrected chi connectivity index (χ4v) is 2.37. The first-order valence-electron chi connectivity index (χ1n) is 6.29. The molecule has 108 valence electrons. The van der Waals surface area contributed by atoms with Crippen molar-refractivity contribution in [2.75, 3.05) is 36.7 Å². The lowest BCUT2D eigenvalue weighted by molar-refractivity contribution is 0.834. The summed E-state index contributed by atoms with van der Waals surface area (Å²) >= 11 is 1.63. The van der Waals surface area contributed by atoms with Crippen LogP contribution in [0.15, 0.2) is 5.38 Å². The van der Waals surface area contributed by atoms with Gasteiger partial charge in [0.15, 0.2) is 0 Å². The van der Waals surface area contributed by atoms with Crippen molar-refractivity contribution in [2.45, 2.75) is 19.9 Å². The van der Waals surface area contributed by atoms with Gasteiger partial charge >= 0.3 is 0 Å². The van der Waals surface area contributed by atoms with Crippen LogP contribution in [-0.4, -0.2) is 41.1 Å². The molecule has 2 rings (SSSR count). The molecule has 0 fully saturated rings. The van der Waals surface area contributed by atoms with Crippen LogP contribution in [0.1, 0.15) is 23.7 Å². The molecule has 0 saturated heterocycles. The van der Waals surface area contributed by atoms with Crippen LogP contribution in [0.5, 0.6) is 0 Å². The lowest BCUT2D eigenvalue weighted by atomic mass is 10.3. The van der Waals surface area contributed by atoms with E-state index in [9.17, 15) is 0 Å². The highest BCUT2D eigenvalue weighted by Gasteiger charge is 2.13. The van der Waals surface area contributed by atoms with Gasteiger partial charge in [0.25, 0.3) is 0 Å². The molecule has 1 atom stereocenters. The minimum Gasteiger partial charge on any atom is -0.357 e. The van der Waals surface area contributed by atoms with E-state index in [0.717, 1.165) is 10.7 Å². The van der Waals surface area contributed by atoms with E-state index in [2.05, 4.69) is 30.6 Å². The van der Waals surface area contributed by atoms with E-state index in [1.807, 2.05) is 38.2 Å². The molecule has 0 aliphatic heterocycles. The zero-order valence-corrected chi connectivity index (χ0v) is 13.1. The van der Waals surface area contributed by atoms with Crippen LogP contribution >= 0.6 is 11.3 Å². The van der Waals surface area contributed by atoms with Crippen molar-refractivity contribution < 1.29 is 0 Å². The zero-order chi connectivity index (χ0) is 14.7. The number of nitrogens with one attached hydrogen (secondary N) is 2. The number of hydrogen-bond acceptors (Lipinski definition) is 8. The number of thiazole rings is 1. The molecule has 0 aliphatic rings. The van der Waals surface area contributed by atoms with Crippen molar-refractivity contribution in [1.82, 2.24) is 19.9 Å². The monoisotopic (exact) mass is 293 g/mol. The third-order valence-corrected chi connectivity index (χ3v) is 3.75. The first-order chi connectivity index (χ1) is 9.49. The Hall–Kier alpha value is -1.96. The van der Waals surface area contributed by atoms with Gasteiger partial charge in [0, 0.05) is 32.2 Å². The Balaban J connectivity index is 2.21. The van der Waals surface area contributed by atoms with E-state index >= 15 is 0 Å². The summed E-state index contributed by atoms with van der Waals surface area (Å²) < 4.78 is 0. The molecular formula is C12H19N7S. The average Bonchev–Trinajstić information content (AvgIpc) is 2.85. The van der Waals surface area contributed by atoms with E-state index < -0.39 is 0 Å². The van der Waals surface area contributed by atoms with Crippen LogP contribution in [0, 0.1) is 6.92 Å². The fourth-order valence-electron chi connectivity index (χ4n) is 1.57. The number of rotatable bonds is 5. The number of aromatic nitrogens is 4. The summed E-state index contributed by atoms with van der Waals surface area (Å²) in [6.07, 6.45) is 0. The smallest absolute Gasteiger partial charge is 0.231 e. The second-order valence-electron chi connectivity index (χ2n) is 4.62. The first kappa shape index (κ1) is 14.4. The highest BCUT2D eigenvalue weighted by molar-refractivity contribution is 7.09. The van der Waals surface area contributed by atoms with Crippen LogP contribution < -0.4 is 15.5 Å². The number of aryl methyl sites for hydroxylation is 1. The van der Waals surface area contributed by atoms with Gasteiger partial charge < -0.3 is 15.5 Å². The van der Waals surface area contributed by atoms with Gasteiger partial charge in [0.2, 0.25) is 17.8 Å². The largest absolute Gasteiger partial charge is 0.357 e. The predicted molar refractivity (Wildman–Crippen MR) is 82.6 cm³/mol. The number of nitrogens with zero attached hydrogens (tertiary/aromatic N) is 5. The van der Waals surface area contributed by atoms with E-state index in [4.69, 9.17) is 0 Å². The molecule has 20 heavy (non-hydrogen) atoms. The lowest BCUT2D eigenvalue weighted by Crippen LogP contribution is -2.17. The topological polar surface area (TPSA) is 78.9 Å². The van der Waals surface area contributed by atoms with Gasteiger partial charge in [-0.3, -0.25) is 0 Å². The Morgan fingerprint density at radius 2 is 1.85 bits per heavy atom. The Labute approximate surface area is 122 Å². The third-order valence-electron chi connectivity index (χ3n) is 2.60. The first-order valence-corrected chi connectivity index (χ1v) is 7.17. The molecule has 0 aliphatic carbocycles. The second-order valence-corrected chi connectivity index (χ2v) is 5.51. The minimum absolute atomic E-state index is 0.0517. The summed E-state index contributed by atoms with van der Waals surface area (Å²) in [5.41, 5.74) is 1.03. The Bertz CT molecular complexity index is 581. The highest BCUT2D eigenvalue weighted by atomic mass is 32.1. The predicted octanol–water partition coefficient (Wildman–Crippen LogP) is 1.92. The molecule has 0 radical (unpaired) electrons. The fraction of sp³-hybridized carbons (Fsp3) is 0.500. The van der Waals surface area contributed by atoms with Crippen LogP contribution in [-0.2, 0) is 0 Å². The molecule has 1 unspecified atom stereocenters. The molecule has 0 saturated carbocycles. The third kappa shape index (κ3) is 3.32. The summed E-state index contributed by atoms with van der Waals surface area (Å²) in [6, 6.07) is 0.0517. The highest BCUT2D eigenvalue weighted by Crippen LogP contribution is 2.21. The average molecular weight is 293 g/mol. The van der Waals surface area contributed by atoms with Gasteiger partial charge in [-0.2, -0.15) is 15.0 Å². The van der Waals surface area contributed by atoms with Crippen molar-refractivity contribution in [3.63, 3.8) is 0 Å². The molecule has 0 bridgehead atoms. The van der Waals surface area contributed by atoms with Gasteiger partial charge in [0.1, 0.15) is 5.01 Å². The summed E-state index contributed by atoms with van der Waals surface area (Å²) in [5, 5.41) is 9.25. The summed E-state index contributed by atoms with van der Waals surface area (Å²) in [4.78, 5) is 19.3. The molecule has 2 heterocycles. The van der Waals surface area contributed by atoms with Crippen LogP contribution in [0.3, 0.4) is 0 Å². The maximum atomic E-state index is 4.47. The van der Waals surface area contributed by atoms with Gasteiger partial charge in [-0.1, -0.05) is 0 Å². The molecule has 0 amide bonds. The van der Waals surface area contributed by atoms with Crippen LogP contribution in [0.2, 0.25) is 0 Å². The van der Waals surface area contributed by atoms with Gasteiger partial charge in [-0.15, -0.1) is 11.3 Å². The van der Waals surface area contributed by atoms with Crippen molar-refractivity contribution in [1.29, 1.82) is 0 Å². The summed E-state index contributed by atoms with van der Waals surface area (Å²) in [5.74, 6) is 1.68. The summed E-state index contributed by atoms with van der Waals surface area (Å²) in [6.45, 7) is 4.02. The Kier molecular flexibility index (Phi) is 4.33. The molecule has 8 heteroatoms. The molecule has 2 aromatic rings. The van der Waals surface area contributed by atoms with Gasteiger partial charge in [-0.05, 0) is 13.8 Å². The number of hydrogen-bond donors (Lipinski definition) is 2. The normalized spacial score (nSPS) is 12.1. The van der Waals surface area contributed by atoms with Crippen molar-refractivity contribution >= 4 is 29.2 Å². The van der Waals surface area contributed by atoms with Gasteiger partial charge in [-0.25, -0.2) is 4.98 Å². The molecule has 0 aromatic carbocycles. The Morgan fingerprint density at radius 1 is 1.15 bits per heavy atom. The van der Waals surface area contributed by atoms with Crippen molar-refractivity contribution in [3.05, 3.63) is 16.1 Å². The molecular weight excluding hydrogens is 274 g/mol. The SMILES string of the molecule is CNc1nc(NC(C)c2nc(C)cs2)nc(N(C)C)n1. The summed E-state index contributed by atoms with van der Waals surface area (Å²) in [7, 11) is 5.57. The number of anilines is 3. The van der Waals surface area contributed by atoms with E-state index in [0.29, 0.717) is 17.8 Å². The van der Waals surface area contributed by atoms with Crippen molar-refractivity contribution in [3.8, 4) is 0 Å². The Morgan fingerprint density at radius 3 is 2.40 bits per heavy atom. The minimum atomic E-state index is 0.0517. The van der Waals surface area contributed by atoms with Crippen LogP contribution in [0.4, 0.5) is 17.8 Å². The quantitative estimate of drug-likeness (QED) is 0.871. The lowest BCUT2D eigenvalue weighted by Gasteiger charge is -2.15. The van der Waals surface area contributed by atoms with Crippen molar-refractivity contribution in [2.24, 2.45) is 0 Å². The van der Waals surface area contributed by atoms with Gasteiger partial charge in [0.05, 0.1) is 6.04 Å². The van der Waals surface area contributed by atoms with E-state index in [1.165, 1.54) is 0 Å². The van der Waals surface area contributed by atoms with E-state index in [-0.39, 0.29) is 6.04 Å². The zero-order valence-electron chi connectivity index (χ0n) is 12.3. The van der Waals surface area contributed by atoms with E-state index in [1.54, 1.807) is 18.4 Å². The maximum Gasteiger partial charge on any atom is 0.231 e. The molecule has 0 spiro atoms. The molecule has 2 N–H and O–H groups in total. The van der Waals surface area contributed by atoms with Crippen LogP contribution in [0.25, 0.3) is 0 Å².